The molecule has 5 nitrogen and oxygen atoms in total. The Bertz CT molecular complexity index is 646. The lowest BCUT2D eigenvalue weighted by Gasteiger charge is -2.11. The molecule has 2 aromatic rings. The first-order valence-electron chi connectivity index (χ1n) is 5.80. The van der Waals surface area contributed by atoms with Gasteiger partial charge in [-0.15, -0.1) is 0 Å². The number of nitrogens with zero attached hydrogens (tertiary/aromatic N) is 3. The first-order valence-corrected chi connectivity index (χ1v) is 5.80. The Balaban J connectivity index is 2.38. The Morgan fingerprint density at radius 1 is 1.21 bits per heavy atom. The predicted molar refractivity (Wildman–Crippen MR) is 72.5 cm³/mol. The molecule has 1 heterocycles. The van der Waals surface area contributed by atoms with Crippen LogP contribution in [0.1, 0.15) is 17.1 Å². The van der Waals surface area contributed by atoms with E-state index in [1.54, 1.807) is 20.1 Å². The molecule has 5 heteroatoms. The van der Waals surface area contributed by atoms with Crippen LogP contribution >= 0.6 is 0 Å². The topological polar surface area (TPSA) is 70.8 Å². The number of ether oxygens (including phenoxy) is 1. The second-order valence-electron chi connectivity index (χ2n) is 4.13. The summed E-state index contributed by atoms with van der Waals surface area (Å²) in [6.07, 6.45) is 0. The summed E-state index contributed by atoms with van der Waals surface area (Å²) in [7, 11) is 1.61. The molecular formula is C14H14N4O. The third-order valence-corrected chi connectivity index (χ3v) is 2.57. The van der Waals surface area contributed by atoms with E-state index in [-0.39, 0.29) is 0 Å². The van der Waals surface area contributed by atoms with Crippen LogP contribution in [-0.2, 0) is 0 Å². The van der Waals surface area contributed by atoms with Crippen molar-refractivity contribution in [1.29, 1.82) is 5.26 Å². The van der Waals surface area contributed by atoms with Gasteiger partial charge in [0.25, 0.3) is 0 Å². The van der Waals surface area contributed by atoms with Crippen molar-refractivity contribution in [2.45, 2.75) is 13.8 Å². The monoisotopic (exact) mass is 254 g/mol. The maximum absolute atomic E-state index is 8.90. The Morgan fingerprint density at radius 3 is 2.68 bits per heavy atom. The minimum atomic E-state index is 0.335. The van der Waals surface area contributed by atoms with E-state index in [9.17, 15) is 0 Å². The molecule has 0 radical (unpaired) electrons. The molecule has 1 N–H and O–H groups in total. The maximum Gasteiger partial charge on any atom is 0.146 e. The molecule has 0 spiro atoms. The van der Waals surface area contributed by atoms with Gasteiger partial charge < -0.3 is 10.1 Å². The zero-order chi connectivity index (χ0) is 13.8. The molecule has 1 aromatic heterocycles. The second-order valence-corrected chi connectivity index (χ2v) is 4.13. The Hall–Kier alpha value is -2.61. The van der Waals surface area contributed by atoms with E-state index < -0.39 is 0 Å². The van der Waals surface area contributed by atoms with Crippen molar-refractivity contribution >= 4 is 11.5 Å². The lowest BCUT2D eigenvalue weighted by atomic mass is 10.2. The molecule has 0 unspecified atom stereocenters. The van der Waals surface area contributed by atoms with E-state index in [1.807, 2.05) is 31.2 Å². The van der Waals surface area contributed by atoms with Crippen molar-refractivity contribution in [3.63, 3.8) is 0 Å². The quantitative estimate of drug-likeness (QED) is 0.911. The molecule has 0 bridgehead atoms. The summed E-state index contributed by atoms with van der Waals surface area (Å²) in [5.41, 5.74) is 2.25. The van der Waals surface area contributed by atoms with Crippen molar-refractivity contribution in [3.8, 4) is 11.8 Å². The molecule has 0 amide bonds. The third kappa shape index (κ3) is 2.99. The lowest BCUT2D eigenvalue weighted by Crippen LogP contribution is -2.00. The largest absolute Gasteiger partial charge is 0.495 e. The minimum absolute atomic E-state index is 0.335. The smallest absolute Gasteiger partial charge is 0.146 e. The summed E-state index contributed by atoms with van der Waals surface area (Å²) < 4.78 is 5.29. The zero-order valence-corrected chi connectivity index (χ0v) is 11.1. The van der Waals surface area contributed by atoms with Crippen molar-refractivity contribution in [1.82, 2.24) is 9.97 Å². The van der Waals surface area contributed by atoms with Gasteiger partial charge in [-0.25, -0.2) is 9.97 Å². The SMILES string of the molecule is COc1ccc(C)cc1Nc1cc(C#N)nc(C)n1. The highest BCUT2D eigenvalue weighted by Gasteiger charge is 2.06. The fourth-order valence-corrected chi connectivity index (χ4v) is 1.75. The van der Waals surface area contributed by atoms with Gasteiger partial charge in [-0.3, -0.25) is 0 Å². The molecule has 0 saturated heterocycles. The van der Waals surface area contributed by atoms with Crippen molar-refractivity contribution in [2.75, 3.05) is 12.4 Å². The first kappa shape index (κ1) is 12.8. The number of methoxy groups -OCH3 is 1. The number of nitriles is 1. The molecule has 0 aliphatic carbocycles. The van der Waals surface area contributed by atoms with E-state index in [0.29, 0.717) is 17.3 Å². The molecule has 0 saturated carbocycles. The molecule has 2 rings (SSSR count). The summed E-state index contributed by atoms with van der Waals surface area (Å²) in [5, 5.41) is 12.1. The van der Waals surface area contributed by atoms with Gasteiger partial charge >= 0.3 is 0 Å². The van der Waals surface area contributed by atoms with Crippen LogP contribution in [0.4, 0.5) is 11.5 Å². The van der Waals surface area contributed by atoms with E-state index in [4.69, 9.17) is 10.00 Å². The Morgan fingerprint density at radius 2 is 2.00 bits per heavy atom. The molecule has 96 valence electrons. The minimum Gasteiger partial charge on any atom is -0.495 e. The van der Waals surface area contributed by atoms with Crippen LogP contribution in [0.5, 0.6) is 5.75 Å². The molecular weight excluding hydrogens is 240 g/mol. The van der Waals surface area contributed by atoms with E-state index in [1.165, 1.54) is 0 Å². The summed E-state index contributed by atoms with van der Waals surface area (Å²) in [6.45, 7) is 3.75. The number of aryl methyl sites for hydroxylation is 2. The highest BCUT2D eigenvalue weighted by molar-refractivity contribution is 5.65. The van der Waals surface area contributed by atoms with E-state index in [2.05, 4.69) is 15.3 Å². The summed E-state index contributed by atoms with van der Waals surface area (Å²) in [6, 6.07) is 9.43. The van der Waals surface area contributed by atoms with Crippen LogP contribution in [0.2, 0.25) is 0 Å². The van der Waals surface area contributed by atoms with Gasteiger partial charge in [-0.2, -0.15) is 5.26 Å². The highest BCUT2D eigenvalue weighted by Crippen LogP contribution is 2.27. The molecule has 0 atom stereocenters. The van der Waals surface area contributed by atoms with Crippen LogP contribution in [0.15, 0.2) is 24.3 Å². The van der Waals surface area contributed by atoms with E-state index >= 15 is 0 Å². The average Bonchev–Trinajstić information content (AvgIpc) is 2.38. The van der Waals surface area contributed by atoms with Crippen LogP contribution in [0.3, 0.4) is 0 Å². The fourth-order valence-electron chi connectivity index (χ4n) is 1.75. The number of hydrogen-bond acceptors (Lipinski definition) is 5. The standard InChI is InChI=1S/C14H14N4O/c1-9-4-5-13(19-3)12(6-9)18-14-7-11(8-15)16-10(2)17-14/h4-7H,1-3H3,(H,16,17,18). The highest BCUT2D eigenvalue weighted by atomic mass is 16.5. The number of anilines is 2. The van der Waals surface area contributed by atoms with Gasteiger partial charge in [0.15, 0.2) is 0 Å². The van der Waals surface area contributed by atoms with Gasteiger partial charge in [-0.05, 0) is 31.5 Å². The number of aromatic nitrogens is 2. The maximum atomic E-state index is 8.90. The van der Waals surface area contributed by atoms with Gasteiger partial charge in [0.1, 0.15) is 29.2 Å². The normalized spacial score (nSPS) is 9.79. The van der Waals surface area contributed by atoms with Crippen molar-refractivity contribution in [3.05, 3.63) is 41.3 Å². The van der Waals surface area contributed by atoms with Gasteiger partial charge in [0, 0.05) is 6.07 Å². The van der Waals surface area contributed by atoms with Crippen LogP contribution in [0.25, 0.3) is 0 Å². The number of hydrogen-bond donors (Lipinski definition) is 1. The molecule has 19 heavy (non-hydrogen) atoms. The Labute approximate surface area is 111 Å². The van der Waals surface area contributed by atoms with Crippen LogP contribution in [0, 0.1) is 25.2 Å². The molecule has 0 fully saturated rings. The lowest BCUT2D eigenvalue weighted by molar-refractivity contribution is 0.416. The molecule has 1 aromatic carbocycles. The van der Waals surface area contributed by atoms with Crippen LogP contribution < -0.4 is 10.1 Å². The summed E-state index contributed by atoms with van der Waals surface area (Å²) in [4.78, 5) is 8.26. The molecule has 0 aliphatic rings. The van der Waals surface area contributed by atoms with Crippen molar-refractivity contribution in [2.24, 2.45) is 0 Å². The number of benzene rings is 1. The Kier molecular flexibility index (Phi) is 3.62. The van der Waals surface area contributed by atoms with Crippen LogP contribution in [-0.4, -0.2) is 17.1 Å². The first-order chi connectivity index (χ1) is 9.12. The summed E-state index contributed by atoms with van der Waals surface area (Å²) >= 11 is 0. The second kappa shape index (κ2) is 5.36. The van der Waals surface area contributed by atoms with Gasteiger partial charge in [-0.1, -0.05) is 6.07 Å². The zero-order valence-electron chi connectivity index (χ0n) is 11.1. The summed E-state index contributed by atoms with van der Waals surface area (Å²) in [5.74, 6) is 1.85. The van der Waals surface area contributed by atoms with Gasteiger partial charge in [0.05, 0.1) is 12.8 Å². The van der Waals surface area contributed by atoms with E-state index in [0.717, 1.165) is 17.0 Å². The third-order valence-electron chi connectivity index (χ3n) is 2.57. The van der Waals surface area contributed by atoms with Gasteiger partial charge in [0.2, 0.25) is 0 Å². The van der Waals surface area contributed by atoms with Crippen molar-refractivity contribution < 1.29 is 4.74 Å². The number of rotatable bonds is 3. The fraction of sp³-hybridized carbons (Fsp3) is 0.214. The average molecular weight is 254 g/mol. The predicted octanol–water partition coefficient (Wildman–Crippen LogP) is 2.72. The number of nitrogens with one attached hydrogen (secondary N) is 1. The molecule has 0 aliphatic heterocycles.